The van der Waals surface area contributed by atoms with Crippen molar-refractivity contribution in [2.24, 2.45) is 0 Å². The summed E-state index contributed by atoms with van der Waals surface area (Å²) in [5.74, 6) is -71.4. The molecule has 0 heterocycles. The molecule has 0 nitrogen and oxygen atoms in total. The summed E-state index contributed by atoms with van der Waals surface area (Å²) in [6.45, 7) is 0. The average molecular weight is 1110 g/mol. The monoisotopic (exact) mass is 1110 g/mol. The Morgan fingerprint density at radius 1 is 0.186 bits per heavy atom. The molecule has 360 valence electrons. The molecular formula is C48H20BF20Sb. The molecular weight excluding hydrogens is 1090 g/mol. The van der Waals surface area contributed by atoms with Crippen LogP contribution in [0.3, 0.4) is 0 Å². The summed E-state index contributed by atoms with van der Waals surface area (Å²) >= 11 is -3.17. The van der Waals surface area contributed by atoms with Crippen molar-refractivity contribution >= 4 is 60.8 Å². The summed E-state index contributed by atoms with van der Waals surface area (Å²) < 4.78 is 300. The van der Waals surface area contributed by atoms with Gasteiger partial charge in [-0.25, -0.2) is 87.8 Å². The molecule has 0 aliphatic heterocycles. The fourth-order valence-corrected chi connectivity index (χ4v) is 20.6. The van der Waals surface area contributed by atoms with Gasteiger partial charge in [-0.1, -0.05) is 0 Å². The molecule has 0 aliphatic carbocycles. The Morgan fingerprint density at radius 3 is 0.457 bits per heavy atom. The van der Waals surface area contributed by atoms with E-state index in [4.69, 9.17) is 0 Å². The Balaban J connectivity index is 0.000000242. The summed E-state index contributed by atoms with van der Waals surface area (Å²) in [7, 11) is 0. The van der Waals surface area contributed by atoms with Crippen LogP contribution < -0.4 is 35.9 Å². The van der Waals surface area contributed by atoms with Crippen LogP contribution in [0.5, 0.6) is 0 Å². The van der Waals surface area contributed by atoms with Crippen LogP contribution in [-0.4, -0.2) is 24.9 Å². The Kier molecular flexibility index (Phi) is 14.3. The molecule has 22 heteroatoms. The van der Waals surface area contributed by atoms with Gasteiger partial charge in [0.15, 0.2) is 69.8 Å². The average Bonchev–Trinajstić information content (AvgIpc) is 3.38. The normalized spacial score (nSPS) is 11.7. The van der Waals surface area contributed by atoms with Gasteiger partial charge in [0.05, 0.1) is 0 Å². The van der Waals surface area contributed by atoms with Crippen LogP contribution in [0, 0.1) is 116 Å². The van der Waals surface area contributed by atoms with E-state index in [1.807, 2.05) is 0 Å². The van der Waals surface area contributed by atoms with Gasteiger partial charge in [0.2, 0.25) is 0 Å². The van der Waals surface area contributed by atoms with Crippen LogP contribution in [0.2, 0.25) is 0 Å². The second-order valence-corrected chi connectivity index (χ2v) is 24.5. The number of benzene rings is 8. The SMILES string of the molecule is Fc1c(F)c(F)c([B-](c2c(F)c(F)c(F)c(F)c2F)(c2c(F)c(F)c(F)c(F)c2F)c2c(F)c(F)c(F)c(F)c2F)c(F)c1F.c1cc[c]([Sb+]([c]2ccccc2)([c]2ccccc2)[c]2ccccc2)cc1. The second-order valence-electron chi connectivity index (χ2n) is 14.8. The van der Waals surface area contributed by atoms with Gasteiger partial charge in [-0.2, -0.15) is 0 Å². The molecule has 0 saturated heterocycles. The van der Waals surface area contributed by atoms with Gasteiger partial charge >= 0.3 is 154 Å². The van der Waals surface area contributed by atoms with Crippen molar-refractivity contribution in [2.75, 3.05) is 0 Å². The van der Waals surface area contributed by atoms with Crippen LogP contribution in [0.15, 0.2) is 121 Å². The molecule has 8 aromatic carbocycles. The Morgan fingerprint density at radius 2 is 0.314 bits per heavy atom. The van der Waals surface area contributed by atoms with Crippen LogP contribution >= 0.6 is 0 Å². The zero-order valence-electron chi connectivity index (χ0n) is 34.1. The van der Waals surface area contributed by atoms with E-state index in [0.717, 1.165) is 0 Å². The first-order valence-corrected chi connectivity index (χ1v) is 24.6. The molecule has 0 aromatic heterocycles. The summed E-state index contributed by atoms with van der Waals surface area (Å²) in [5, 5.41) is 0. The molecule has 0 radical (unpaired) electrons. The van der Waals surface area contributed by atoms with E-state index in [1.165, 1.54) is 14.0 Å². The minimum absolute atomic E-state index is 1.48. The van der Waals surface area contributed by atoms with Crippen LogP contribution in [0.4, 0.5) is 87.8 Å². The third kappa shape index (κ3) is 7.76. The molecule has 8 aromatic rings. The van der Waals surface area contributed by atoms with E-state index < -0.39 is 163 Å². The zero-order chi connectivity index (χ0) is 51.3. The van der Waals surface area contributed by atoms with Crippen molar-refractivity contribution in [1.29, 1.82) is 0 Å². The van der Waals surface area contributed by atoms with E-state index in [1.54, 1.807) is 0 Å². The molecule has 8 rings (SSSR count). The predicted molar refractivity (Wildman–Crippen MR) is 219 cm³/mol. The second kappa shape index (κ2) is 19.6. The molecule has 0 unspecified atom stereocenters. The van der Waals surface area contributed by atoms with Crippen molar-refractivity contribution in [3.63, 3.8) is 0 Å². The van der Waals surface area contributed by atoms with Gasteiger partial charge in [-0.15, -0.1) is 21.9 Å². The van der Waals surface area contributed by atoms with E-state index in [2.05, 4.69) is 121 Å². The number of rotatable bonds is 8. The fourth-order valence-electron chi connectivity index (χ4n) is 8.38. The van der Waals surface area contributed by atoms with Crippen molar-refractivity contribution in [3.05, 3.63) is 238 Å². The Bertz CT molecular complexity index is 2760. The third-order valence-electron chi connectivity index (χ3n) is 11.3. The van der Waals surface area contributed by atoms with Crippen molar-refractivity contribution in [2.45, 2.75) is 0 Å². The Labute approximate surface area is 385 Å². The van der Waals surface area contributed by atoms with Gasteiger partial charge < -0.3 is 0 Å². The maximum atomic E-state index is 15.4. The summed E-state index contributed by atoms with van der Waals surface area (Å²) in [5.41, 5.74) is -14.3. The molecule has 0 aliphatic rings. The summed E-state index contributed by atoms with van der Waals surface area (Å²) in [6, 6.07) is 44.4. The van der Waals surface area contributed by atoms with E-state index >= 15 is 35.1 Å². The van der Waals surface area contributed by atoms with Crippen LogP contribution in [-0.2, 0) is 0 Å². The zero-order valence-corrected chi connectivity index (χ0v) is 36.7. The van der Waals surface area contributed by atoms with Crippen molar-refractivity contribution in [1.82, 2.24) is 0 Å². The third-order valence-corrected chi connectivity index (χ3v) is 23.5. The number of halogens is 20. The fraction of sp³-hybridized carbons (Fsp3) is 0. The quantitative estimate of drug-likeness (QED) is 0.0618. The molecule has 70 heavy (non-hydrogen) atoms. The van der Waals surface area contributed by atoms with E-state index in [-0.39, 0.29) is 0 Å². The topological polar surface area (TPSA) is 0 Å². The molecule has 0 spiro atoms. The molecule has 0 atom stereocenters. The van der Waals surface area contributed by atoms with Crippen molar-refractivity contribution < 1.29 is 87.8 Å². The first-order valence-electron chi connectivity index (χ1n) is 19.5. The van der Waals surface area contributed by atoms with Crippen LogP contribution in [0.1, 0.15) is 0 Å². The van der Waals surface area contributed by atoms with Gasteiger partial charge in [-0.3, -0.25) is 0 Å². The minimum atomic E-state index is -7.22. The van der Waals surface area contributed by atoms with E-state index in [9.17, 15) is 52.7 Å². The molecule has 0 fully saturated rings. The first-order chi connectivity index (χ1) is 33.1. The Hall–Kier alpha value is -6.76. The van der Waals surface area contributed by atoms with Gasteiger partial charge in [0, 0.05) is 0 Å². The maximum absolute atomic E-state index is 15.4. The molecule has 0 N–H and O–H groups in total. The van der Waals surface area contributed by atoms with Crippen molar-refractivity contribution in [3.8, 4) is 0 Å². The van der Waals surface area contributed by atoms with Gasteiger partial charge in [0.1, 0.15) is 52.7 Å². The van der Waals surface area contributed by atoms with Gasteiger partial charge in [0.25, 0.3) is 0 Å². The standard InChI is InChI=1S/C24BF20.4C6H5.Sb/c26-5-1(6(27)14(35)21(42)13(5)34)25(2-7(28)15(36)22(43)16(37)8(2)29,3-9(30)17(38)23(44)18(39)10(3)31)4-11(32)19(40)24(45)20(41)12(4)33;4*1-2-4-6-5-3-1;/h;4*1-5H;/q-1;;;;;+1. The summed E-state index contributed by atoms with van der Waals surface area (Å²) in [4.78, 5) is 0. The summed E-state index contributed by atoms with van der Waals surface area (Å²) in [6.07, 6.45) is -7.22. The molecule has 0 saturated carbocycles. The molecule has 0 bridgehead atoms. The van der Waals surface area contributed by atoms with Gasteiger partial charge in [-0.05, 0) is 0 Å². The first kappa shape index (κ1) is 51.1. The number of hydrogen-bond donors (Lipinski definition) is 0. The predicted octanol–water partition coefficient (Wildman–Crippen LogP) is 8.91. The van der Waals surface area contributed by atoms with Crippen LogP contribution in [0.25, 0.3) is 0 Å². The number of hydrogen-bond acceptors (Lipinski definition) is 0. The van der Waals surface area contributed by atoms with E-state index in [0.29, 0.717) is 0 Å². The molecule has 0 amide bonds.